The molecule has 0 heterocycles. The van der Waals surface area contributed by atoms with E-state index in [0.29, 0.717) is 24.2 Å². The number of benzene rings is 2. The van der Waals surface area contributed by atoms with Crippen LogP contribution in [0.25, 0.3) is 0 Å². The van der Waals surface area contributed by atoms with Crippen LogP contribution in [0, 0.1) is 11.7 Å². The molecule has 0 radical (unpaired) electrons. The zero-order valence-corrected chi connectivity index (χ0v) is 22.0. The Balaban J connectivity index is 2.28. The molecule has 2 rings (SSSR count). The number of hydrogen-bond acceptors (Lipinski definition) is 6. The number of sulfonamides is 1. The van der Waals surface area contributed by atoms with Gasteiger partial charge in [0.25, 0.3) is 0 Å². The minimum Gasteiger partial charge on any atom is -0.494 e. The monoisotopic (exact) mass is 535 g/mol. The van der Waals surface area contributed by atoms with Crippen LogP contribution >= 0.6 is 0 Å². The van der Waals surface area contributed by atoms with E-state index in [1.807, 2.05) is 0 Å². The zero-order chi connectivity index (χ0) is 27.4. The number of unbranched alkanes of at least 4 members (excludes halogenated alkanes) is 1. The van der Waals surface area contributed by atoms with Crippen molar-refractivity contribution in [2.75, 3.05) is 13.2 Å². The van der Waals surface area contributed by atoms with E-state index in [9.17, 15) is 27.2 Å². The van der Waals surface area contributed by atoms with Gasteiger partial charge in [0, 0.05) is 0 Å². The quantitative estimate of drug-likeness (QED) is 0.237. The second-order valence-electron chi connectivity index (χ2n) is 8.82. The van der Waals surface area contributed by atoms with Crippen LogP contribution < -0.4 is 20.1 Å². The van der Waals surface area contributed by atoms with Crippen LogP contribution in [0.4, 0.5) is 4.39 Å². The van der Waals surface area contributed by atoms with Crippen LogP contribution in [0.3, 0.4) is 0 Å². The van der Waals surface area contributed by atoms with Gasteiger partial charge < -0.3 is 20.2 Å². The van der Waals surface area contributed by atoms with E-state index in [1.54, 1.807) is 38.1 Å². The van der Waals surface area contributed by atoms with Crippen molar-refractivity contribution in [1.29, 1.82) is 0 Å². The number of rotatable bonds is 15. The van der Waals surface area contributed by atoms with Gasteiger partial charge in [0.05, 0.1) is 18.0 Å². The van der Waals surface area contributed by atoms with Crippen LogP contribution in [0.1, 0.15) is 39.2 Å². The van der Waals surface area contributed by atoms with Gasteiger partial charge >= 0.3 is 0 Å². The van der Waals surface area contributed by atoms with Crippen molar-refractivity contribution in [2.45, 2.75) is 57.0 Å². The number of nitrogens with one attached hydrogen (secondary N) is 3. The molecule has 9 nitrogen and oxygen atoms in total. The van der Waals surface area contributed by atoms with Crippen LogP contribution in [0.5, 0.6) is 5.75 Å². The molecule has 2 aromatic carbocycles. The molecule has 202 valence electrons. The first-order chi connectivity index (χ1) is 17.6. The summed E-state index contributed by atoms with van der Waals surface area (Å²) in [6, 6.07) is 8.84. The molecule has 0 aliphatic rings. The minimum absolute atomic E-state index is 0.0255. The van der Waals surface area contributed by atoms with E-state index in [-0.39, 0.29) is 23.8 Å². The predicted octanol–water partition coefficient (Wildman–Crippen LogP) is 2.35. The average molecular weight is 536 g/mol. The van der Waals surface area contributed by atoms with Crippen molar-refractivity contribution >= 4 is 28.1 Å². The van der Waals surface area contributed by atoms with E-state index in [2.05, 4.69) is 22.3 Å². The minimum atomic E-state index is -4.20. The molecule has 0 unspecified atom stereocenters. The fraction of sp³-hybridized carbons (Fsp3) is 0.423. The van der Waals surface area contributed by atoms with E-state index in [1.165, 1.54) is 0 Å². The molecule has 11 heteroatoms. The molecular formula is C26H34FN3O6S. The molecule has 0 spiro atoms. The second kappa shape index (κ2) is 14.4. The number of aldehydes is 1. The smallest absolute Gasteiger partial charge is 0.243 e. The predicted molar refractivity (Wildman–Crippen MR) is 137 cm³/mol. The average Bonchev–Trinajstić information content (AvgIpc) is 2.86. The molecule has 0 saturated heterocycles. The molecule has 0 aliphatic carbocycles. The largest absolute Gasteiger partial charge is 0.494 e. The Morgan fingerprint density at radius 1 is 1.03 bits per heavy atom. The van der Waals surface area contributed by atoms with E-state index < -0.39 is 39.7 Å². The maximum Gasteiger partial charge on any atom is 0.243 e. The first kappa shape index (κ1) is 29.9. The Kier molecular flexibility index (Phi) is 11.7. The summed E-state index contributed by atoms with van der Waals surface area (Å²) in [5.74, 6) is -1.59. The van der Waals surface area contributed by atoms with Gasteiger partial charge in [0.15, 0.2) is 0 Å². The van der Waals surface area contributed by atoms with Gasteiger partial charge in [0.2, 0.25) is 21.8 Å². The van der Waals surface area contributed by atoms with Gasteiger partial charge in [-0.3, -0.25) is 9.59 Å². The van der Waals surface area contributed by atoms with Gasteiger partial charge in [0.1, 0.15) is 29.9 Å². The van der Waals surface area contributed by atoms with Gasteiger partial charge in [-0.2, -0.15) is 4.72 Å². The summed E-state index contributed by atoms with van der Waals surface area (Å²) < 4.78 is 47.3. The lowest BCUT2D eigenvalue weighted by molar-refractivity contribution is -0.131. The lowest BCUT2D eigenvalue weighted by Crippen LogP contribution is -2.56. The fourth-order valence-electron chi connectivity index (χ4n) is 3.39. The van der Waals surface area contributed by atoms with Gasteiger partial charge in [-0.05, 0) is 60.7 Å². The SMILES string of the molecule is CCCCOc1ccc(C[C@H](NS(=O)(=O)c2ccc(F)cc2)C(=O)N[C@H](C(=O)NCC=O)C(C)C)cc1. The molecule has 2 aromatic rings. The van der Waals surface area contributed by atoms with Crippen LogP contribution in [0.15, 0.2) is 53.4 Å². The molecular weight excluding hydrogens is 501 g/mol. The van der Waals surface area contributed by atoms with Crippen molar-refractivity contribution in [3.63, 3.8) is 0 Å². The summed E-state index contributed by atoms with van der Waals surface area (Å²) in [5.41, 5.74) is 0.649. The topological polar surface area (TPSA) is 131 Å². The molecule has 0 bridgehead atoms. The third-order valence-corrected chi connectivity index (χ3v) is 6.96. The summed E-state index contributed by atoms with van der Waals surface area (Å²) in [5, 5.41) is 5.00. The third kappa shape index (κ3) is 9.58. The Labute approximate surface area is 217 Å². The molecule has 2 amide bonds. The lowest BCUT2D eigenvalue weighted by atomic mass is 10.0. The zero-order valence-electron chi connectivity index (χ0n) is 21.2. The van der Waals surface area contributed by atoms with E-state index >= 15 is 0 Å². The van der Waals surface area contributed by atoms with Crippen molar-refractivity contribution in [2.24, 2.45) is 5.92 Å². The van der Waals surface area contributed by atoms with Crippen molar-refractivity contribution in [3.05, 3.63) is 59.9 Å². The van der Waals surface area contributed by atoms with Crippen LogP contribution in [-0.4, -0.2) is 51.8 Å². The van der Waals surface area contributed by atoms with Crippen molar-refractivity contribution in [3.8, 4) is 5.75 Å². The summed E-state index contributed by atoms with van der Waals surface area (Å²) in [7, 11) is -4.20. The maximum absolute atomic E-state index is 13.3. The lowest BCUT2D eigenvalue weighted by Gasteiger charge is -2.25. The maximum atomic E-state index is 13.3. The molecule has 37 heavy (non-hydrogen) atoms. The fourth-order valence-corrected chi connectivity index (χ4v) is 4.59. The molecule has 0 saturated carbocycles. The Hall–Kier alpha value is -3.31. The summed E-state index contributed by atoms with van der Waals surface area (Å²) in [6.07, 6.45) is 2.40. The normalized spacial score (nSPS) is 13.0. The van der Waals surface area contributed by atoms with Crippen molar-refractivity contribution in [1.82, 2.24) is 15.4 Å². The van der Waals surface area contributed by atoms with E-state index in [4.69, 9.17) is 4.74 Å². The van der Waals surface area contributed by atoms with Crippen molar-refractivity contribution < 1.29 is 31.9 Å². The molecule has 0 aromatic heterocycles. The number of amides is 2. The number of halogens is 1. The summed E-state index contributed by atoms with van der Waals surface area (Å²) in [6.45, 7) is 5.83. The second-order valence-corrected chi connectivity index (χ2v) is 10.5. The van der Waals surface area contributed by atoms with E-state index in [0.717, 1.165) is 37.1 Å². The standard InChI is InChI=1S/C26H34FN3O6S/c1-4-5-16-36-21-10-6-19(7-11-21)17-23(30-37(34,35)22-12-8-20(27)9-13-22)25(32)29-24(18(2)3)26(33)28-14-15-31/h6-13,15,18,23-24,30H,4-5,14,16-17H2,1-3H3,(H,28,33)(H,29,32)/t23-,24-/m0/s1. The first-order valence-electron chi connectivity index (χ1n) is 12.1. The van der Waals surface area contributed by atoms with Gasteiger partial charge in [-0.15, -0.1) is 0 Å². The van der Waals surface area contributed by atoms with Gasteiger partial charge in [-0.25, -0.2) is 12.8 Å². The highest BCUT2D eigenvalue weighted by atomic mass is 32.2. The third-order valence-electron chi connectivity index (χ3n) is 5.47. The summed E-state index contributed by atoms with van der Waals surface area (Å²) in [4.78, 5) is 36.2. The molecule has 3 N–H and O–H groups in total. The first-order valence-corrected chi connectivity index (χ1v) is 13.6. The number of hydrogen-bond donors (Lipinski definition) is 3. The highest BCUT2D eigenvalue weighted by Gasteiger charge is 2.31. The number of ether oxygens (including phenoxy) is 1. The Bertz CT molecular complexity index is 1140. The number of carbonyl (C=O) groups excluding carboxylic acids is 3. The highest BCUT2D eigenvalue weighted by molar-refractivity contribution is 7.89. The van der Waals surface area contributed by atoms with Gasteiger partial charge in [-0.1, -0.05) is 39.3 Å². The molecule has 0 aliphatic heterocycles. The Morgan fingerprint density at radius 2 is 1.68 bits per heavy atom. The molecule has 2 atom stereocenters. The molecule has 0 fully saturated rings. The highest BCUT2D eigenvalue weighted by Crippen LogP contribution is 2.16. The van der Waals surface area contributed by atoms with Crippen LogP contribution in [0.2, 0.25) is 0 Å². The number of carbonyl (C=O) groups is 3. The van der Waals surface area contributed by atoms with Crippen LogP contribution in [-0.2, 0) is 30.8 Å². The summed E-state index contributed by atoms with van der Waals surface area (Å²) >= 11 is 0. The Morgan fingerprint density at radius 3 is 2.24 bits per heavy atom.